The van der Waals surface area contributed by atoms with Crippen LogP contribution < -0.4 is 19.1 Å². The molecule has 1 saturated heterocycles. The molecule has 10 heteroatoms. The number of methoxy groups -OCH3 is 2. The molecule has 31 heavy (non-hydrogen) atoms. The maximum atomic E-state index is 13.5. The Morgan fingerprint density at radius 3 is 2.48 bits per heavy atom. The molecule has 168 valence electrons. The summed E-state index contributed by atoms with van der Waals surface area (Å²) in [5.41, 5.74) is 0.312. The Morgan fingerprint density at radius 1 is 1.16 bits per heavy atom. The highest BCUT2D eigenvalue weighted by Crippen LogP contribution is 2.32. The second-order valence-corrected chi connectivity index (χ2v) is 9.24. The summed E-state index contributed by atoms with van der Waals surface area (Å²) in [5, 5.41) is 3.21. The highest BCUT2D eigenvalue weighted by Gasteiger charge is 2.29. The fourth-order valence-corrected chi connectivity index (χ4v) is 4.81. The maximum absolute atomic E-state index is 13.5. The van der Waals surface area contributed by atoms with Gasteiger partial charge in [-0.3, -0.25) is 9.10 Å². The molecular weight excluding hydrogens is 444 g/mol. The molecule has 1 N–H and O–H groups in total. The molecule has 8 nitrogen and oxygen atoms in total. The Morgan fingerprint density at radius 2 is 1.87 bits per heavy atom. The Hall–Kier alpha value is -2.49. The van der Waals surface area contributed by atoms with Crippen LogP contribution >= 0.6 is 11.6 Å². The van der Waals surface area contributed by atoms with Gasteiger partial charge in [0.25, 0.3) is 10.0 Å². The van der Waals surface area contributed by atoms with Crippen LogP contribution in [0.2, 0.25) is 5.02 Å². The van der Waals surface area contributed by atoms with Crippen LogP contribution in [0.15, 0.2) is 47.4 Å². The van der Waals surface area contributed by atoms with Gasteiger partial charge in [0.2, 0.25) is 5.91 Å². The fourth-order valence-electron chi connectivity index (χ4n) is 3.25. The third kappa shape index (κ3) is 5.61. The molecule has 1 aliphatic heterocycles. The molecule has 1 heterocycles. The van der Waals surface area contributed by atoms with Gasteiger partial charge in [-0.05, 0) is 49.2 Å². The van der Waals surface area contributed by atoms with Crippen molar-refractivity contribution >= 4 is 33.2 Å². The number of hydrogen-bond donors (Lipinski definition) is 1. The second kappa shape index (κ2) is 10.2. The van der Waals surface area contributed by atoms with Crippen molar-refractivity contribution in [3.63, 3.8) is 0 Å². The van der Waals surface area contributed by atoms with Gasteiger partial charge in [0.1, 0.15) is 6.54 Å². The summed E-state index contributed by atoms with van der Waals surface area (Å²) in [6.07, 6.45) is 1.77. The average Bonchev–Trinajstić information content (AvgIpc) is 3.30. The highest BCUT2D eigenvalue weighted by molar-refractivity contribution is 7.92. The van der Waals surface area contributed by atoms with Gasteiger partial charge in [-0.2, -0.15) is 0 Å². The summed E-state index contributed by atoms with van der Waals surface area (Å²) >= 11 is 5.96. The number of sulfonamides is 1. The summed E-state index contributed by atoms with van der Waals surface area (Å²) in [5.74, 6) is 0.228. The van der Waals surface area contributed by atoms with Crippen LogP contribution in [0.3, 0.4) is 0 Å². The molecular formula is C21H25ClN2O6S. The van der Waals surface area contributed by atoms with Crippen LogP contribution in [0.25, 0.3) is 0 Å². The zero-order valence-corrected chi connectivity index (χ0v) is 18.9. The predicted octanol–water partition coefficient (Wildman–Crippen LogP) is 2.85. The lowest BCUT2D eigenvalue weighted by atomic mass is 10.2. The Labute approximate surface area is 187 Å². The summed E-state index contributed by atoms with van der Waals surface area (Å²) < 4.78 is 43.9. The molecule has 0 radical (unpaired) electrons. The van der Waals surface area contributed by atoms with Gasteiger partial charge < -0.3 is 19.5 Å². The lowest BCUT2D eigenvalue weighted by Crippen LogP contribution is -2.42. The minimum atomic E-state index is -4.09. The summed E-state index contributed by atoms with van der Waals surface area (Å²) in [6.45, 7) is 0.611. The molecule has 1 atom stereocenters. The SMILES string of the molecule is COc1ccc(S(=O)(=O)N(CC(=O)NC[C@H]2CCCO2)c2ccc(Cl)cc2)cc1OC. The highest BCUT2D eigenvalue weighted by atomic mass is 35.5. The summed E-state index contributed by atoms with van der Waals surface area (Å²) in [7, 11) is -1.21. The zero-order chi connectivity index (χ0) is 22.4. The van der Waals surface area contributed by atoms with Crippen LogP contribution in [0.5, 0.6) is 11.5 Å². The third-order valence-corrected chi connectivity index (χ3v) is 6.92. The third-order valence-electron chi connectivity index (χ3n) is 4.90. The minimum Gasteiger partial charge on any atom is -0.493 e. The Balaban J connectivity index is 1.89. The van der Waals surface area contributed by atoms with E-state index < -0.39 is 22.5 Å². The Bertz CT molecular complexity index is 1010. The first kappa shape index (κ1) is 23.2. The number of amides is 1. The smallest absolute Gasteiger partial charge is 0.264 e. The largest absolute Gasteiger partial charge is 0.493 e. The van der Waals surface area contributed by atoms with E-state index in [1.54, 1.807) is 24.3 Å². The van der Waals surface area contributed by atoms with Gasteiger partial charge in [-0.1, -0.05) is 11.6 Å². The summed E-state index contributed by atoms with van der Waals surface area (Å²) in [4.78, 5) is 12.6. The van der Waals surface area contributed by atoms with Gasteiger partial charge in [0.05, 0.1) is 30.9 Å². The molecule has 2 aromatic rings. The molecule has 0 bridgehead atoms. The molecule has 1 fully saturated rings. The zero-order valence-electron chi connectivity index (χ0n) is 17.3. The second-order valence-electron chi connectivity index (χ2n) is 6.94. The standard InChI is InChI=1S/C21H25ClN2O6S/c1-28-19-10-9-18(12-20(19)29-2)31(26,27)24(16-7-5-15(22)6-8-16)14-21(25)23-13-17-4-3-11-30-17/h5-10,12,17H,3-4,11,13-14H2,1-2H3,(H,23,25)/t17-/m1/s1. The van der Waals surface area contributed by atoms with Crippen molar-refractivity contribution in [3.8, 4) is 11.5 Å². The number of anilines is 1. The van der Waals surface area contributed by atoms with E-state index in [0.717, 1.165) is 17.1 Å². The van der Waals surface area contributed by atoms with E-state index in [2.05, 4.69) is 5.32 Å². The van der Waals surface area contributed by atoms with Crippen molar-refractivity contribution in [1.82, 2.24) is 5.32 Å². The van der Waals surface area contributed by atoms with E-state index in [0.29, 0.717) is 29.6 Å². The number of halogens is 1. The maximum Gasteiger partial charge on any atom is 0.264 e. The number of nitrogens with one attached hydrogen (secondary N) is 1. The average molecular weight is 469 g/mol. The predicted molar refractivity (Wildman–Crippen MR) is 118 cm³/mol. The molecule has 0 unspecified atom stereocenters. The molecule has 0 spiro atoms. The first-order chi connectivity index (χ1) is 14.8. The number of rotatable bonds is 9. The van der Waals surface area contributed by atoms with Gasteiger partial charge in [0.15, 0.2) is 11.5 Å². The monoisotopic (exact) mass is 468 g/mol. The lowest BCUT2D eigenvalue weighted by molar-refractivity contribution is -0.120. The van der Waals surface area contributed by atoms with Crippen molar-refractivity contribution in [2.24, 2.45) is 0 Å². The number of carbonyl (C=O) groups excluding carboxylic acids is 1. The fraction of sp³-hybridized carbons (Fsp3) is 0.381. The van der Waals surface area contributed by atoms with E-state index in [4.69, 9.17) is 25.8 Å². The first-order valence-electron chi connectivity index (χ1n) is 9.74. The molecule has 1 amide bonds. The van der Waals surface area contributed by atoms with E-state index in [1.807, 2.05) is 0 Å². The van der Waals surface area contributed by atoms with Crippen LogP contribution in [0.1, 0.15) is 12.8 Å². The van der Waals surface area contributed by atoms with Gasteiger partial charge in [-0.15, -0.1) is 0 Å². The Kier molecular flexibility index (Phi) is 7.64. The van der Waals surface area contributed by atoms with Crippen LogP contribution in [0.4, 0.5) is 5.69 Å². The van der Waals surface area contributed by atoms with E-state index in [1.165, 1.54) is 32.4 Å². The van der Waals surface area contributed by atoms with Crippen molar-refractivity contribution in [2.45, 2.75) is 23.8 Å². The van der Waals surface area contributed by atoms with Crippen LogP contribution in [0, 0.1) is 0 Å². The minimum absolute atomic E-state index is 0.0352. The molecule has 0 saturated carbocycles. The lowest BCUT2D eigenvalue weighted by Gasteiger charge is -2.25. The molecule has 3 rings (SSSR count). The normalized spacial score (nSPS) is 16.0. The van der Waals surface area contributed by atoms with Gasteiger partial charge >= 0.3 is 0 Å². The first-order valence-corrected chi connectivity index (χ1v) is 11.6. The number of hydrogen-bond acceptors (Lipinski definition) is 6. The van der Waals surface area contributed by atoms with Crippen molar-refractivity contribution in [3.05, 3.63) is 47.5 Å². The quantitative estimate of drug-likeness (QED) is 0.608. The van der Waals surface area contributed by atoms with Gasteiger partial charge in [0, 0.05) is 24.2 Å². The molecule has 2 aromatic carbocycles. The van der Waals surface area contributed by atoms with Gasteiger partial charge in [-0.25, -0.2) is 8.42 Å². The molecule has 0 aliphatic carbocycles. The number of nitrogens with zero attached hydrogens (tertiary/aromatic N) is 1. The number of ether oxygens (including phenoxy) is 3. The van der Waals surface area contributed by atoms with E-state index in [-0.39, 0.29) is 16.7 Å². The van der Waals surface area contributed by atoms with E-state index >= 15 is 0 Å². The van der Waals surface area contributed by atoms with Crippen molar-refractivity contribution in [1.29, 1.82) is 0 Å². The number of carbonyl (C=O) groups is 1. The van der Waals surface area contributed by atoms with Crippen LogP contribution in [-0.4, -0.2) is 54.3 Å². The van der Waals surface area contributed by atoms with Crippen molar-refractivity contribution < 1.29 is 27.4 Å². The topological polar surface area (TPSA) is 94.2 Å². The number of benzene rings is 2. The van der Waals surface area contributed by atoms with E-state index in [9.17, 15) is 13.2 Å². The molecule has 0 aromatic heterocycles. The van der Waals surface area contributed by atoms with Crippen molar-refractivity contribution in [2.75, 3.05) is 38.2 Å². The van der Waals surface area contributed by atoms with Crippen LogP contribution in [-0.2, 0) is 19.6 Å². The molecule has 1 aliphatic rings. The summed E-state index contributed by atoms with van der Waals surface area (Å²) in [6, 6.07) is 10.5.